The molecule has 1 aromatic carbocycles. The molecule has 0 aliphatic carbocycles. The molecule has 0 fully saturated rings. The Morgan fingerprint density at radius 1 is 1.19 bits per heavy atom. The van der Waals surface area contributed by atoms with E-state index in [2.05, 4.69) is 4.98 Å². The molecule has 0 saturated carbocycles. The highest BCUT2D eigenvalue weighted by molar-refractivity contribution is 7.94. The number of aromatic nitrogens is 2. The summed E-state index contributed by atoms with van der Waals surface area (Å²) in [6, 6.07) is 10.3. The van der Waals surface area contributed by atoms with Crippen molar-refractivity contribution >= 4 is 27.1 Å². The highest BCUT2D eigenvalue weighted by atomic mass is 32.2. The first-order chi connectivity index (χ1) is 15.1. The lowest BCUT2D eigenvalue weighted by Crippen LogP contribution is -2.41. The highest BCUT2D eigenvalue weighted by Crippen LogP contribution is 2.31. The van der Waals surface area contributed by atoms with E-state index in [-0.39, 0.29) is 23.7 Å². The van der Waals surface area contributed by atoms with Crippen molar-refractivity contribution in [2.75, 3.05) is 5.75 Å². The van der Waals surface area contributed by atoms with Crippen LogP contribution in [0.4, 0.5) is 13.2 Å². The van der Waals surface area contributed by atoms with Crippen molar-refractivity contribution in [3.63, 3.8) is 0 Å². The lowest BCUT2D eigenvalue weighted by Gasteiger charge is -2.27. The van der Waals surface area contributed by atoms with E-state index in [1.165, 1.54) is 11.0 Å². The van der Waals surface area contributed by atoms with Gasteiger partial charge in [0, 0.05) is 28.9 Å². The number of amides is 1. The molecule has 4 rings (SSSR count). The zero-order valence-corrected chi connectivity index (χ0v) is 18.2. The fourth-order valence-electron chi connectivity index (χ4n) is 3.37. The zero-order valence-electron chi connectivity index (χ0n) is 16.6. The molecule has 0 spiro atoms. The molecule has 2 aromatic heterocycles. The van der Waals surface area contributed by atoms with Gasteiger partial charge in [0.1, 0.15) is 5.01 Å². The van der Waals surface area contributed by atoms with Gasteiger partial charge in [0.05, 0.1) is 24.8 Å². The Balaban J connectivity index is 1.53. The third-order valence-electron chi connectivity index (χ3n) is 4.97. The van der Waals surface area contributed by atoms with E-state index in [4.69, 9.17) is 0 Å². The molecule has 1 amide bonds. The van der Waals surface area contributed by atoms with E-state index < -0.39 is 33.7 Å². The number of hydrogen-bond acceptors (Lipinski definition) is 5. The van der Waals surface area contributed by atoms with E-state index in [1.54, 1.807) is 12.1 Å². The minimum atomic E-state index is -4.58. The van der Waals surface area contributed by atoms with Crippen LogP contribution in [-0.2, 0) is 33.8 Å². The molecule has 1 atom stereocenters. The maximum Gasteiger partial charge on any atom is 0.434 e. The zero-order chi connectivity index (χ0) is 22.9. The minimum absolute atomic E-state index is 0.0200. The van der Waals surface area contributed by atoms with Crippen molar-refractivity contribution in [1.82, 2.24) is 14.5 Å². The normalized spacial score (nSPS) is 17.5. The topological polar surface area (TPSA) is 72.3 Å². The Kier molecular flexibility index (Phi) is 5.95. The first-order valence-electron chi connectivity index (χ1n) is 9.55. The molecule has 1 aliphatic heterocycles. The molecule has 168 valence electrons. The van der Waals surface area contributed by atoms with Crippen LogP contribution in [0.2, 0.25) is 0 Å². The second-order valence-electron chi connectivity index (χ2n) is 7.30. The lowest BCUT2D eigenvalue weighted by molar-refractivity contribution is -0.140. The molecule has 11 heteroatoms. The van der Waals surface area contributed by atoms with Gasteiger partial charge in [0.15, 0.2) is 15.5 Å². The van der Waals surface area contributed by atoms with Gasteiger partial charge in [-0.2, -0.15) is 13.2 Å². The van der Waals surface area contributed by atoms with Crippen LogP contribution < -0.4 is 0 Å². The van der Waals surface area contributed by atoms with Gasteiger partial charge in [-0.15, -0.1) is 11.3 Å². The fourth-order valence-corrected chi connectivity index (χ4v) is 5.47. The third-order valence-corrected chi connectivity index (χ3v) is 7.19. The average Bonchev–Trinajstić information content (AvgIpc) is 3.47. The van der Waals surface area contributed by atoms with E-state index in [0.717, 1.165) is 27.8 Å². The monoisotopic (exact) mass is 481 g/mol. The van der Waals surface area contributed by atoms with E-state index >= 15 is 0 Å². The average molecular weight is 482 g/mol. The molecular weight excluding hydrogens is 463 g/mol. The summed E-state index contributed by atoms with van der Waals surface area (Å²) in [5.74, 6) is -0.697. The summed E-state index contributed by atoms with van der Waals surface area (Å²) in [5.41, 5.74) is 0.589. The van der Waals surface area contributed by atoms with Gasteiger partial charge in [-0.25, -0.2) is 13.4 Å². The van der Waals surface area contributed by atoms with Gasteiger partial charge in [-0.1, -0.05) is 12.1 Å². The van der Waals surface area contributed by atoms with Crippen LogP contribution in [0.15, 0.2) is 65.7 Å². The second-order valence-corrected chi connectivity index (χ2v) is 10.2. The molecule has 0 radical (unpaired) electrons. The third kappa shape index (κ3) is 5.10. The number of benzene rings is 1. The predicted octanol–water partition coefficient (Wildman–Crippen LogP) is 3.83. The Hall–Kier alpha value is -2.92. The number of nitrogens with zero attached hydrogens (tertiary/aromatic N) is 3. The maximum atomic E-state index is 13.1. The van der Waals surface area contributed by atoms with Crippen molar-refractivity contribution in [1.29, 1.82) is 0 Å². The quantitative estimate of drug-likeness (QED) is 0.537. The summed E-state index contributed by atoms with van der Waals surface area (Å²) in [4.78, 5) is 17.9. The van der Waals surface area contributed by atoms with Gasteiger partial charge in [0.25, 0.3) is 0 Å². The standard InChI is InChI=1S/C21H18F3N3O3S2/c22-21(23,24)18-13-31-19(25-18)12-27(17-7-10-32(29,30)14-17)20(28)11-15-3-5-16(6-4-15)26-8-1-2-9-26/h1-10,13,17H,11-12,14H2. The molecule has 1 unspecified atom stereocenters. The van der Waals surface area contributed by atoms with Crippen molar-refractivity contribution in [2.24, 2.45) is 0 Å². The van der Waals surface area contributed by atoms with Gasteiger partial charge in [-0.3, -0.25) is 4.79 Å². The second kappa shape index (κ2) is 8.55. The minimum Gasteiger partial charge on any atom is -0.328 e. The summed E-state index contributed by atoms with van der Waals surface area (Å²) in [6.07, 6.45) is 0.562. The maximum absolute atomic E-state index is 13.1. The lowest BCUT2D eigenvalue weighted by atomic mass is 10.1. The Morgan fingerprint density at radius 3 is 2.44 bits per heavy atom. The Morgan fingerprint density at radius 2 is 1.88 bits per heavy atom. The molecule has 1 aliphatic rings. The summed E-state index contributed by atoms with van der Waals surface area (Å²) in [7, 11) is -3.46. The number of thiazole rings is 1. The van der Waals surface area contributed by atoms with Crippen LogP contribution in [0.3, 0.4) is 0 Å². The predicted molar refractivity (Wildman–Crippen MR) is 114 cm³/mol. The molecule has 3 heterocycles. The smallest absolute Gasteiger partial charge is 0.328 e. The fraction of sp³-hybridized carbons (Fsp3) is 0.238. The van der Waals surface area contributed by atoms with E-state index in [9.17, 15) is 26.4 Å². The number of carbonyl (C=O) groups excluding carboxylic acids is 1. The molecule has 32 heavy (non-hydrogen) atoms. The van der Waals surface area contributed by atoms with Gasteiger partial charge >= 0.3 is 6.18 Å². The van der Waals surface area contributed by atoms with Crippen LogP contribution >= 0.6 is 11.3 Å². The first-order valence-corrected chi connectivity index (χ1v) is 12.1. The summed E-state index contributed by atoms with van der Waals surface area (Å²) in [5, 5.41) is 2.01. The number of halogens is 3. The number of hydrogen-bond donors (Lipinski definition) is 0. The molecular formula is C21H18F3N3O3S2. The van der Waals surface area contributed by atoms with Crippen LogP contribution in [0.1, 0.15) is 16.3 Å². The molecule has 3 aromatic rings. The highest BCUT2D eigenvalue weighted by Gasteiger charge is 2.35. The molecule has 0 N–H and O–H groups in total. The van der Waals surface area contributed by atoms with Crippen LogP contribution in [0.5, 0.6) is 0 Å². The van der Waals surface area contributed by atoms with Crippen molar-refractivity contribution in [3.8, 4) is 5.69 Å². The molecule has 0 saturated heterocycles. The summed E-state index contributed by atoms with van der Waals surface area (Å²) in [6.45, 7) is -0.203. The number of sulfone groups is 1. The Bertz CT molecular complexity index is 1230. The van der Waals surface area contributed by atoms with Gasteiger partial charge in [0.2, 0.25) is 5.91 Å². The van der Waals surface area contributed by atoms with Crippen molar-refractivity contribution in [3.05, 3.63) is 81.9 Å². The van der Waals surface area contributed by atoms with Gasteiger partial charge < -0.3 is 9.47 Å². The summed E-state index contributed by atoms with van der Waals surface area (Å²) < 4.78 is 64.3. The van der Waals surface area contributed by atoms with Crippen LogP contribution in [-0.4, -0.2) is 40.6 Å². The van der Waals surface area contributed by atoms with Crippen LogP contribution in [0.25, 0.3) is 5.69 Å². The Labute approximate surface area is 186 Å². The summed E-state index contributed by atoms with van der Waals surface area (Å²) >= 11 is 0.786. The molecule has 0 bridgehead atoms. The SMILES string of the molecule is O=C(Cc1ccc(-n2cccc2)cc1)N(Cc1nc(C(F)(F)F)cs1)C1C=CS(=O)(=O)C1. The largest absolute Gasteiger partial charge is 0.434 e. The van der Waals surface area contributed by atoms with Gasteiger partial charge in [-0.05, 0) is 35.9 Å². The molecule has 6 nitrogen and oxygen atoms in total. The van der Waals surface area contributed by atoms with E-state index in [0.29, 0.717) is 5.56 Å². The van der Waals surface area contributed by atoms with E-state index in [1.807, 2.05) is 41.2 Å². The van der Waals surface area contributed by atoms with Crippen LogP contribution in [0, 0.1) is 0 Å². The number of rotatable bonds is 6. The van der Waals surface area contributed by atoms with Crippen molar-refractivity contribution < 1.29 is 26.4 Å². The first kappa shape index (κ1) is 22.3. The van der Waals surface area contributed by atoms with Crippen molar-refractivity contribution in [2.45, 2.75) is 25.2 Å². The number of carbonyl (C=O) groups is 1. The number of alkyl halides is 3.